The van der Waals surface area contributed by atoms with Gasteiger partial charge in [-0.15, -0.1) is 0 Å². The summed E-state index contributed by atoms with van der Waals surface area (Å²) in [7, 11) is 0. The second-order valence-corrected chi connectivity index (χ2v) is 9.62. The van der Waals surface area contributed by atoms with Crippen LogP contribution in [-0.2, 0) is 10.5 Å². The number of benzene rings is 1. The van der Waals surface area contributed by atoms with Crippen LogP contribution in [0, 0.1) is 18.8 Å². The molecule has 1 unspecified atom stereocenters. The third-order valence-corrected chi connectivity index (χ3v) is 7.59. The first-order valence-electron chi connectivity index (χ1n) is 12.0. The molecule has 31 heavy (non-hydrogen) atoms. The van der Waals surface area contributed by atoms with E-state index in [1.807, 2.05) is 19.1 Å². The average molecular weight is 423 g/mol. The predicted molar refractivity (Wildman–Crippen MR) is 122 cm³/mol. The lowest BCUT2D eigenvalue weighted by Crippen LogP contribution is -2.57. The standard InChI is InChI=1S/C25H34N4O2/c1-17-20(16-26-31-17)25(28-21-14-8-9-15-22(21)29-25)23(18-10-4-2-5-11-18)24(30)27-19-12-6-3-7-13-19/h8-9,14-16,18-19,23,28-29H,2-7,10-13H2,1H3,(H,27,30). The fourth-order valence-corrected chi connectivity index (χ4v) is 6.06. The molecule has 3 N–H and O–H groups in total. The molecule has 1 aromatic carbocycles. The van der Waals surface area contributed by atoms with Crippen molar-refractivity contribution >= 4 is 17.3 Å². The molecule has 6 heteroatoms. The van der Waals surface area contributed by atoms with Crippen molar-refractivity contribution in [1.29, 1.82) is 0 Å². The molecule has 0 saturated heterocycles. The minimum absolute atomic E-state index is 0.159. The van der Waals surface area contributed by atoms with Crippen molar-refractivity contribution in [3.8, 4) is 0 Å². The Labute approximate surface area is 184 Å². The summed E-state index contributed by atoms with van der Waals surface area (Å²) >= 11 is 0. The van der Waals surface area contributed by atoms with Gasteiger partial charge in [-0.2, -0.15) is 0 Å². The van der Waals surface area contributed by atoms with Crippen LogP contribution in [-0.4, -0.2) is 17.1 Å². The van der Waals surface area contributed by atoms with Crippen molar-refractivity contribution in [3.63, 3.8) is 0 Å². The maximum atomic E-state index is 14.0. The van der Waals surface area contributed by atoms with Gasteiger partial charge in [0.2, 0.25) is 5.91 Å². The molecule has 166 valence electrons. The number of aryl methyl sites for hydroxylation is 1. The molecule has 1 aromatic heterocycles. The summed E-state index contributed by atoms with van der Waals surface area (Å²) in [4.78, 5) is 14.0. The van der Waals surface area contributed by atoms with Gasteiger partial charge in [0.25, 0.3) is 0 Å². The highest BCUT2D eigenvalue weighted by Crippen LogP contribution is 2.49. The van der Waals surface area contributed by atoms with Crippen LogP contribution in [0.3, 0.4) is 0 Å². The van der Waals surface area contributed by atoms with Crippen LogP contribution >= 0.6 is 0 Å². The number of nitrogens with one attached hydrogen (secondary N) is 3. The van der Waals surface area contributed by atoms with E-state index in [0.717, 1.165) is 48.4 Å². The van der Waals surface area contributed by atoms with Crippen LogP contribution in [0.4, 0.5) is 11.4 Å². The number of fused-ring (bicyclic) bond motifs is 1. The average Bonchev–Trinajstić information content (AvgIpc) is 3.39. The van der Waals surface area contributed by atoms with Gasteiger partial charge in [0.1, 0.15) is 5.76 Å². The topological polar surface area (TPSA) is 79.2 Å². The van der Waals surface area contributed by atoms with Gasteiger partial charge in [-0.05, 0) is 50.7 Å². The van der Waals surface area contributed by atoms with E-state index in [-0.39, 0.29) is 17.9 Å². The minimum Gasteiger partial charge on any atom is -0.361 e. The highest BCUT2D eigenvalue weighted by molar-refractivity contribution is 5.86. The van der Waals surface area contributed by atoms with Crippen LogP contribution in [0.1, 0.15) is 75.5 Å². The molecule has 6 nitrogen and oxygen atoms in total. The van der Waals surface area contributed by atoms with Crippen molar-refractivity contribution in [3.05, 3.63) is 41.8 Å². The molecular formula is C25H34N4O2. The fraction of sp³-hybridized carbons (Fsp3) is 0.600. The summed E-state index contributed by atoms with van der Waals surface area (Å²) in [6.07, 6.45) is 13.4. The number of rotatable bonds is 5. The molecular weight excluding hydrogens is 388 g/mol. The molecule has 1 amide bonds. The van der Waals surface area contributed by atoms with E-state index >= 15 is 0 Å². The number of aromatic nitrogens is 1. The van der Waals surface area contributed by atoms with Gasteiger partial charge in [0.15, 0.2) is 5.66 Å². The Balaban J connectivity index is 1.55. The Hall–Kier alpha value is -2.50. The molecule has 1 atom stereocenters. The fourth-order valence-electron chi connectivity index (χ4n) is 6.06. The third kappa shape index (κ3) is 3.81. The molecule has 5 rings (SSSR count). The van der Waals surface area contributed by atoms with Crippen molar-refractivity contribution in [2.45, 2.75) is 82.8 Å². The van der Waals surface area contributed by atoms with Gasteiger partial charge in [0.05, 0.1) is 29.1 Å². The zero-order chi connectivity index (χ0) is 21.3. The van der Waals surface area contributed by atoms with E-state index in [1.165, 1.54) is 38.5 Å². The largest absolute Gasteiger partial charge is 0.361 e. The smallest absolute Gasteiger partial charge is 0.228 e. The Morgan fingerprint density at radius 2 is 1.65 bits per heavy atom. The molecule has 0 radical (unpaired) electrons. The first-order chi connectivity index (χ1) is 15.2. The summed E-state index contributed by atoms with van der Waals surface area (Å²) in [5, 5.41) is 15.0. The van der Waals surface area contributed by atoms with E-state index in [4.69, 9.17) is 4.52 Å². The zero-order valence-corrected chi connectivity index (χ0v) is 18.5. The molecule has 2 heterocycles. The number of carbonyl (C=O) groups is 1. The van der Waals surface area contributed by atoms with Crippen molar-refractivity contribution < 1.29 is 9.32 Å². The quantitative estimate of drug-likeness (QED) is 0.608. The van der Waals surface area contributed by atoms with Crippen molar-refractivity contribution in [1.82, 2.24) is 10.5 Å². The summed E-state index contributed by atoms with van der Waals surface area (Å²) < 4.78 is 5.51. The second-order valence-electron chi connectivity index (χ2n) is 9.62. The Morgan fingerprint density at radius 3 is 2.23 bits per heavy atom. The van der Waals surface area contributed by atoms with Gasteiger partial charge in [-0.3, -0.25) is 4.79 Å². The van der Waals surface area contributed by atoms with Crippen LogP contribution < -0.4 is 16.0 Å². The number of hydrogen-bond donors (Lipinski definition) is 3. The lowest BCUT2D eigenvalue weighted by Gasteiger charge is -2.43. The second kappa shape index (κ2) is 8.56. The monoisotopic (exact) mass is 422 g/mol. The third-order valence-electron chi connectivity index (χ3n) is 7.59. The van der Waals surface area contributed by atoms with Gasteiger partial charge >= 0.3 is 0 Å². The van der Waals surface area contributed by atoms with Gasteiger partial charge in [-0.1, -0.05) is 55.8 Å². The van der Waals surface area contributed by atoms with E-state index in [1.54, 1.807) is 6.20 Å². The maximum absolute atomic E-state index is 14.0. The first-order valence-corrected chi connectivity index (χ1v) is 12.0. The number of carbonyl (C=O) groups excluding carboxylic acids is 1. The van der Waals surface area contributed by atoms with Crippen LogP contribution in [0.25, 0.3) is 0 Å². The first kappa shape index (κ1) is 20.4. The van der Waals surface area contributed by atoms with Gasteiger partial charge in [-0.25, -0.2) is 0 Å². The molecule has 0 bridgehead atoms. The Morgan fingerprint density at radius 1 is 1.03 bits per heavy atom. The normalized spacial score (nSPS) is 22.2. The summed E-state index contributed by atoms with van der Waals surface area (Å²) in [6.45, 7) is 1.94. The van der Waals surface area contributed by atoms with Crippen LogP contribution in [0.15, 0.2) is 35.0 Å². The highest BCUT2D eigenvalue weighted by Gasteiger charge is 2.53. The van der Waals surface area contributed by atoms with E-state index in [9.17, 15) is 4.79 Å². The van der Waals surface area contributed by atoms with E-state index in [2.05, 4.69) is 33.2 Å². The lowest BCUT2D eigenvalue weighted by molar-refractivity contribution is -0.130. The molecule has 2 aromatic rings. The number of anilines is 2. The maximum Gasteiger partial charge on any atom is 0.228 e. The zero-order valence-electron chi connectivity index (χ0n) is 18.5. The number of amides is 1. The van der Waals surface area contributed by atoms with Crippen molar-refractivity contribution in [2.75, 3.05) is 10.6 Å². The van der Waals surface area contributed by atoms with E-state index < -0.39 is 5.66 Å². The highest BCUT2D eigenvalue weighted by atomic mass is 16.5. The SMILES string of the molecule is Cc1oncc1C1(C(C(=O)NC2CCCCC2)C2CCCCC2)Nc2ccccc2N1. The summed E-state index contributed by atoms with van der Waals surface area (Å²) in [5.74, 6) is 0.965. The molecule has 2 aliphatic carbocycles. The number of hydrogen-bond acceptors (Lipinski definition) is 5. The van der Waals surface area contributed by atoms with Gasteiger partial charge in [0, 0.05) is 6.04 Å². The molecule has 2 fully saturated rings. The molecule has 2 saturated carbocycles. The van der Waals surface area contributed by atoms with Crippen LogP contribution in [0.2, 0.25) is 0 Å². The van der Waals surface area contributed by atoms with E-state index in [0.29, 0.717) is 5.92 Å². The van der Waals surface area contributed by atoms with Crippen LogP contribution in [0.5, 0.6) is 0 Å². The number of nitrogens with zero attached hydrogens (tertiary/aromatic N) is 1. The van der Waals surface area contributed by atoms with Gasteiger partial charge < -0.3 is 20.5 Å². The molecule has 1 aliphatic heterocycles. The Kier molecular flexibility index (Phi) is 5.63. The lowest BCUT2D eigenvalue weighted by atomic mass is 9.71. The summed E-state index contributed by atoms with van der Waals surface area (Å²) in [5.41, 5.74) is 2.22. The molecule has 3 aliphatic rings. The number of para-hydroxylation sites is 2. The minimum atomic E-state index is -0.755. The predicted octanol–water partition coefficient (Wildman–Crippen LogP) is 5.32. The molecule has 0 spiro atoms. The Bertz CT molecular complexity index is 887. The summed E-state index contributed by atoms with van der Waals surface area (Å²) in [6, 6.07) is 8.49. The van der Waals surface area contributed by atoms with Crippen molar-refractivity contribution in [2.24, 2.45) is 11.8 Å².